The van der Waals surface area contributed by atoms with Crippen LogP contribution in [0.5, 0.6) is 0 Å². The first-order valence-electron chi connectivity index (χ1n) is 6.25. The Morgan fingerprint density at radius 1 is 1.29 bits per heavy atom. The van der Waals surface area contributed by atoms with E-state index >= 15 is 0 Å². The van der Waals surface area contributed by atoms with Gasteiger partial charge in [-0.05, 0) is 37.6 Å². The Labute approximate surface area is 102 Å². The van der Waals surface area contributed by atoms with Crippen molar-refractivity contribution in [2.45, 2.75) is 19.9 Å². The van der Waals surface area contributed by atoms with Gasteiger partial charge in [0.1, 0.15) is 0 Å². The number of H-pyrrole nitrogens is 1. The molecule has 2 aromatic rings. The van der Waals surface area contributed by atoms with E-state index in [9.17, 15) is 0 Å². The first-order valence-corrected chi connectivity index (χ1v) is 6.25. The van der Waals surface area contributed by atoms with Gasteiger partial charge in [0.2, 0.25) is 0 Å². The number of rotatable bonds is 7. The van der Waals surface area contributed by atoms with Crippen LogP contribution in [0.2, 0.25) is 0 Å². The van der Waals surface area contributed by atoms with E-state index in [2.05, 4.69) is 34.6 Å². The van der Waals surface area contributed by atoms with Gasteiger partial charge in [-0.1, -0.05) is 12.1 Å². The lowest BCUT2D eigenvalue weighted by Gasteiger charge is -2.06. The molecular weight excluding hydrogens is 212 g/mol. The number of nitrogens with one attached hydrogen (secondary N) is 2. The second-order valence-corrected chi connectivity index (χ2v) is 4.08. The van der Waals surface area contributed by atoms with E-state index in [-0.39, 0.29) is 0 Å². The Morgan fingerprint density at radius 3 is 3.12 bits per heavy atom. The van der Waals surface area contributed by atoms with Gasteiger partial charge < -0.3 is 15.0 Å². The zero-order chi connectivity index (χ0) is 11.9. The fourth-order valence-corrected chi connectivity index (χ4v) is 1.97. The molecule has 1 aromatic carbocycles. The number of hydrogen-bond acceptors (Lipinski definition) is 2. The molecule has 0 aliphatic rings. The van der Waals surface area contributed by atoms with Crippen LogP contribution < -0.4 is 5.32 Å². The second-order valence-electron chi connectivity index (χ2n) is 4.08. The van der Waals surface area contributed by atoms with Crippen LogP contribution in [0.25, 0.3) is 10.9 Å². The van der Waals surface area contributed by atoms with Gasteiger partial charge in [-0.25, -0.2) is 0 Å². The third-order valence-electron chi connectivity index (χ3n) is 2.85. The first-order chi connectivity index (χ1) is 8.42. The van der Waals surface area contributed by atoms with Crippen molar-refractivity contribution < 1.29 is 4.74 Å². The molecule has 0 saturated heterocycles. The van der Waals surface area contributed by atoms with Gasteiger partial charge in [0.05, 0.1) is 0 Å². The van der Waals surface area contributed by atoms with E-state index in [1.165, 1.54) is 16.5 Å². The van der Waals surface area contributed by atoms with Gasteiger partial charge in [0, 0.05) is 36.9 Å². The molecular formula is C14H20N2O. The molecule has 92 valence electrons. The van der Waals surface area contributed by atoms with Gasteiger partial charge in [0.15, 0.2) is 0 Å². The van der Waals surface area contributed by atoms with Crippen LogP contribution in [-0.4, -0.2) is 24.7 Å². The van der Waals surface area contributed by atoms with E-state index in [1.807, 2.05) is 13.1 Å². The number of aromatic nitrogens is 1. The molecule has 2 rings (SSSR count). The first kappa shape index (κ1) is 12.1. The number of benzene rings is 1. The molecule has 1 aromatic heterocycles. The lowest BCUT2D eigenvalue weighted by molar-refractivity contribution is 0.144. The van der Waals surface area contributed by atoms with Crippen molar-refractivity contribution in [3.8, 4) is 0 Å². The van der Waals surface area contributed by atoms with Crippen molar-refractivity contribution >= 4 is 10.9 Å². The standard InChI is InChI=1S/C14H20N2O/c1-2-17-10-4-8-15-11-12-5-3-6-14-13(12)7-9-16-14/h3,5-7,9,15-16H,2,4,8,10-11H2,1H3. The van der Waals surface area contributed by atoms with Gasteiger partial charge in [-0.3, -0.25) is 0 Å². The summed E-state index contributed by atoms with van der Waals surface area (Å²) in [6.45, 7) is 5.60. The topological polar surface area (TPSA) is 37.0 Å². The molecule has 17 heavy (non-hydrogen) atoms. The van der Waals surface area contributed by atoms with E-state index in [0.717, 1.165) is 32.7 Å². The van der Waals surface area contributed by atoms with Gasteiger partial charge in [-0.2, -0.15) is 0 Å². The Hall–Kier alpha value is -1.32. The summed E-state index contributed by atoms with van der Waals surface area (Å²) in [7, 11) is 0. The quantitative estimate of drug-likeness (QED) is 0.720. The van der Waals surface area contributed by atoms with Crippen LogP contribution in [0.15, 0.2) is 30.5 Å². The Balaban J connectivity index is 1.80. The van der Waals surface area contributed by atoms with Crippen LogP contribution in [0.1, 0.15) is 18.9 Å². The van der Waals surface area contributed by atoms with Crippen molar-refractivity contribution in [3.05, 3.63) is 36.0 Å². The highest BCUT2D eigenvalue weighted by molar-refractivity contribution is 5.82. The molecule has 0 aliphatic carbocycles. The van der Waals surface area contributed by atoms with E-state index in [1.54, 1.807) is 0 Å². The number of fused-ring (bicyclic) bond motifs is 1. The number of ether oxygens (including phenoxy) is 1. The minimum absolute atomic E-state index is 0.808. The summed E-state index contributed by atoms with van der Waals surface area (Å²) >= 11 is 0. The maximum absolute atomic E-state index is 5.30. The third kappa shape index (κ3) is 3.32. The van der Waals surface area contributed by atoms with Gasteiger partial charge >= 0.3 is 0 Å². The smallest absolute Gasteiger partial charge is 0.0477 e. The molecule has 0 aliphatic heterocycles. The Kier molecular flexibility index (Phi) is 4.59. The summed E-state index contributed by atoms with van der Waals surface area (Å²) in [4.78, 5) is 3.23. The van der Waals surface area contributed by atoms with Crippen LogP contribution >= 0.6 is 0 Å². The lowest BCUT2D eigenvalue weighted by atomic mass is 10.1. The highest BCUT2D eigenvalue weighted by atomic mass is 16.5. The SMILES string of the molecule is CCOCCCNCc1cccc2[nH]ccc12. The summed E-state index contributed by atoms with van der Waals surface area (Å²) in [6, 6.07) is 8.50. The molecule has 0 atom stereocenters. The van der Waals surface area contributed by atoms with Crippen LogP contribution in [0.3, 0.4) is 0 Å². The predicted octanol–water partition coefficient (Wildman–Crippen LogP) is 2.68. The number of aromatic amines is 1. The molecule has 0 spiro atoms. The predicted molar refractivity (Wildman–Crippen MR) is 71.1 cm³/mol. The summed E-state index contributed by atoms with van der Waals surface area (Å²) in [6.07, 6.45) is 3.06. The molecule has 1 heterocycles. The largest absolute Gasteiger partial charge is 0.382 e. The molecule has 0 amide bonds. The van der Waals surface area contributed by atoms with Crippen LogP contribution in [-0.2, 0) is 11.3 Å². The lowest BCUT2D eigenvalue weighted by Crippen LogP contribution is -2.16. The minimum Gasteiger partial charge on any atom is -0.382 e. The molecule has 3 heteroatoms. The summed E-state index contributed by atoms with van der Waals surface area (Å²) in [5.41, 5.74) is 2.55. The van der Waals surface area contributed by atoms with Crippen LogP contribution in [0, 0.1) is 0 Å². The van der Waals surface area contributed by atoms with E-state index < -0.39 is 0 Å². The monoisotopic (exact) mass is 232 g/mol. The van der Waals surface area contributed by atoms with Crippen molar-refractivity contribution in [2.75, 3.05) is 19.8 Å². The normalized spacial score (nSPS) is 11.1. The molecule has 0 unspecified atom stereocenters. The van der Waals surface area contributed by atoms with Crippen molar-refractivity contribution in [1.29, 1.82) is 0 Å². The zero-order valence-electron chi connectivity index (χ0n) is 10.3. The molecule has 2 N–H and O–H groups in total. The van der Waals surface area contributed by atoms with E-state index in [4.69, 9.17) is 4.74 Å². The molecule has 0 radical (unpaired) electrons. The third-order valence-corrected chi connectivity index (χ3v) is 2.85. The molecule has 0 bridgehead atoms. The molecule has 0 saturated carbocycles. The molecule has 0 fully saturated rings. The van der Waals surface area contributed by atoms with E-state index in [0.29, 0.717) is 0 Å². The molecule has 3 nitrogen and oxygen atoms in total. The second kappa shape index (κ2) is 6.42. The maximum Gasteiger partial charge on any atom is 0.0477 e. The number of hydrogen-bond donors (Lipinski definition) is 2. The Morgan fingerprint density at radius 2 is 2.24 bits per heavy atom. The fourth-order valence-electron chi connectivity index (χ4n) is 1.97. The maximum atomic E-state index is 5.30. The van der Waals surface area contributed by atoms with Crippen molar-refractivity contribution in [2.24, 2.45) is 0 Å². The minimum atomic E-state index is 0.808. The van der Waals surface area contributed by atoms with Gasteiger partial charge in [-0.15, -0.1) is 0 Å². The summed E-state index contributed by atoms with van der Waals surface area (Å²) in [5, 5.41) is 4.76. The highest BCUT2D eigenvalue weighted by Gasteiger charge is 2.00. The average molecular weight is 232 g/mol. The summed E-state index contributed by atoms with van der Waals surface area (Å²) in [5.74, 6) is 0. The average Bonchev–Trinajstić information content (AvgIpc) is 2.82. The fraction of sp³-hybridized carbons (Fsp3) is 0.429. The highest BCUT2D eigenvalue weighted by Crippen LogP contribution is 2.16. The zero-order valence-corrected chi connectivity index (χ0v) is 10.3. The Bertz CT molecular complexity index is 450. The van der Waals surface area contributed by atoms with Gasteiger partial charge in [0.25, 0.3) is 0 Å². The summed E-state index contributed by atoms with van der Waals surface area (Å²) < 4.78 is 5.30. The van der Waals surface area contributed by atoms with Crippen molar-refractivity contribution in [3.63, 3.8) is 0 Å². The van der Waals surface area contributed by atoms with Crippen molar-refractivity contribution in [1.82, 2.24) is 10.3 Å². The van der Waals surface area contributed by atoms with Crippen LogP contribution in [0.4, 0.5) is 0 Å².